The molecule has 3 heteroatoms. The van der Waals surface area contributed by atoms with Crippen LogP contribution in [0.4, 0.5) is 0 Å². The van der Waals surface area contributed by atoms with Crippen molar-refractivity contribution in [1.82, 2.24) is 5.32 Å². The molecule has 0 aliphatic heterocycles. The molecule has 2 aromatic rings. The third-order valence-electron chi connectivity index (χ3n) is 3.75. The van der Waals surface area contributed by atoms with Gasteiger partial charge in [0.25, 0.3) is 0 Å². The fourth-order valence-electron chi connectivity index (χ4n) is 2.21. The molecule has 0 atom stereocenters. The minimum absolute atomic E-state index is 0.0689. The number of aryl methyl sites for hydroxylation is 1. The number of rotatable bonds is 5. The van der Waals surface area contributed by atoms with Crippen molar-refractivity contribution < 1.29 is 4.79 Å². The molecule has 1 amide bonds. The van der Waals surface area contributed by atoms with Crippen LogP contribution in [-0.2, 0) is 16.8 Å². The van der Waals surface area contributed by atoms with Crippen molar-refractivity contribution in [2.24, 2.45) is 0 Å². The minimum Gasteiger partial charge on any atom is -0.351 e. The topological polar surface area (TPSA) is 29.1 Å². The van der Waals surface area contributed by atoms with Crippen LogP contribution >= 0.6 is 11.8 Å². The molecule has 2 aromatic carbocycles. The molecule has 0 unspecified atom stereocenters. The van der Waals surface area contributed by atoms with Crippen LogP contribution in [0.25, 0.3) is 0 Å². The zero-order valence-corrected chi connectivity index (χ0v) is 15.2. The highest BCUT2D eigenvalue weighted by atomic mass is 32.2. The van der Waals surface area contributed by atoms with Gasteiger partial charge in [-0.05, 0) is 35.1 Å². The van der Waals surface area contributed by atoms with E-state index >= 15 is 0 Å². The average Bonchev–Trinajstić information content (AvgIpc) is 2.52. The summed E-state index contributed by atoms with van der Waals surface area (Å²) in [5.41, 5.74) is 3.77. The number of hydrogen-bond acceptors (Lipinski definition) is 2. The largest absolute Gasteiger partial charge is 0.351 e. The van der Waals surface area contributed by atoms with Crippen molar-refractivity contribution >= 4 is 17.7 Å². The van der Waals surface area contributed by atoms with E-state index in [1.54, 1.807) is 11.8 Å². The van der Waals surface area contributed by atoms with E-state index in [9.17, 15) is 4.79 Å². The number of benzene rings is 2. The van der Waals surface area contributed by atoms with Crippen LogP contribution in [0.15, 0.2) is 53.4 Å². The number of nitrogens with one attached hydrogen (secondary N) is 1. The maximum Gasteiger partial charge on any atom is 0.230 e. The molecule has 1 N–H and O–H groups in total. The first-order valence-electron chi connectivity index (χ1n) is 7.91. The second kappa shape index (κ2) is 7.69. The highest BCUT2D eigenvalue weighted by Gasteiger charge is 2.15. The Morgan fingerprint density at radius 3 is 2.43 bits per heavy atom. The molecule has 2 rings (SSSR count). The van der Waals surface area contributed by atoms with Crippen LogP contribution < -0.4 is 5.32 Å². The first-order chi connectivity index (χ1) is 10.9. The van der Waals surface area contributed by atoms with Gasteiger partial charge in [-0.2, -0.15) is 0 Å². The molecule has 0 bridgehead atoms. The van der Waals surface area contributed by atoms with Gasteiger partial charge in [0.05, 0.1) is 5.75 Å². The molecule has 0 spiro atoms. The Bertz CT molecular complexity index is 659. The van der Waals surface area contributed by atoms with E-state index in [1.165, 1.54) is 16.0 Å². The average molecular weight is 327 g/mol. The standard InChI is InChI=1S/C20H25NOS/c1-15-10-11-17(20(2,3)4)12-18(15)23-14-19(22)21-13-16-8-6-5-7-9-16/h5-12H,13-14H2,1-4H3,(H,21,22). The van der Waals surface area contributed by atoms with Crippen molar-refractivity contribution in [3.05, 3.63) is 65.2 Å². The van der Waals surface area contributed by atoms with Crippen LogP contribution in [0.5, 0.6) is 0 Å². The van der Waals surface area contributed by atoms with Crippen LogP contribution in [-0.4, -0.2) is 11.7 Å². The first-order valence-corrected chi connectivity index (χ1v) is 8.89. The van der Waals surface area contributed by atoms with Gasteiger partial charge in [0, 0.05) is 11.4 Å². The van der Waals surface area contributed by atoms with Crippen LogP contribution in [0, 0.1) is 6.92 Å². The summed E-state index contributed by atoms with van der Waals surface area (Å²) in [4.78, 5) is 13.2. The third-order valence-corrected chi connectivity index (χ3v) is 4.90. The molecule has 0 aliphatic rings. The van der Waals surface area contributed by atoms with Crippen LogP contribution in [0.2, 0.25) is 0 Å². The van der Waals surface area contributed by atoms with Gasteiger partial charge in [-0.3, -0.25) is 4.79 Å². The second-order valence-corrected chi connectivity index (χ2v) is 7.80. The summed E-state index contributed by atoms with van der Waals surface area (Å²) >= 11 is 1.61. The first kappa shape index (κ1) is 17.6. The fraction of sp³-hybridized carbons (Fsp3) is 0.350. The SMILES string of the molecule is Cc1ccc(C(C)(C)C)cc1SCC(=O)NCc1ccccc1. The van der Waals surface area contributed by atoms with Crippen LogP contribution in [0.3, 0.4) is 0 Å². The molecule has 122 valence electrons. The maximum atomic E-state index is 12.1. The molecule has 0 saturated carbocycles. The normalized spacial score (nSPS) is 11.3. The molecule has 0 fully saturated rings. The molecular weight excluding hydrogens is 302 g/mol. The van der Waals surface area contributed by atoms with Gasteiger partial charge < -0.3 is 5.32 Å². The second-order valence-electron chi connectivity index (χ2n) is 6.78. The Labute approximate surface area is 143 Å². The Hall–Kier alpha value is -1.74. The quantitative estimate of drug-likeness (QED) is 0.806. The molecule has 0 saturated heterocycles. The van der Waals surface area contributed by atoms with E-state index in [1.807, 2.05) is 30.3 Å². The van der Waals surface area contributed by atoms with Gasteiger partial charge in [-0.25, -0.2) is 0 Å². The van der Waals surface area contributed by atoms with E-state index in [0.29, 0.717) is 12.3 Å². The van der Waals surface area contributed by atoms with E-state index in [0.717, 1.165) is 5.56 Å². The Balaban J connectivity index is 1.91. The van der Waals surface area contributed by atoms with Crippen molar-refractivity contribution in [3.63, 3.8) is 0 Å². The summed E-state index contributed by atoms with van der Waals surface area (Å²) in [6.45, 7) is 9.30. The van der Waals surface area contributed by atoms with E-state index in [4.69, 9.17) is 0 Å². The summed E-state index contributed by atoms with van der Waals surface area (Å²) in [5.74, 6) is 0.515. The zero-order chi connectivity index (χ0) is 16.9. The number of thioether (sulfide) groups is 1. The lowest BCUT2D eigenvalue weighted by atomic mass is 9.87. The maximum absolute atomic E-state index is 12.1. The number of carbonyl (C=O) groups excluding carboxylic acids is 1. The summed E-state index contributed by atoms with van der Waals surface area (Å²) in [7, 11) is 0. The van der Waals surface area contributed by atoms with Crippen molar-refractivity contribution in [3.8, 4) is 0 Å². The Kier molecular flexibility index (Phi) is 5.89. The summed E-state index contributed by atoms with van der Waals surface area (Å²) < 4.78 is 0. The van der Waals surface area contributed by atoms with Gasteiger partial charge >= 0.3 is 0 Å². The fourth-order valence-corrected chi connectivity index (χ4v) is 3.11. The summed E-state index contributed by atoms with van der Waals surface area (Å²) in [5, 5.41) is 2.97. The highest BCUT2D eigenvalue weighted by molar-refractivity contribution is 8.00. The van der Waals surface area contributed by atoms with Gasteiger partial charge in [0.15, 0.2) is 0 Å². The lowest BCUT2D eigenvalue weighted by molar-refractivity contribution is -0.118. The summed E-state index contributed by atoms with van der Waals surface area (Å²) in [6.07, 6.45) is 0. The van der Waals surface area contributed by atoms with Crippen LogP contribution in [0.1, 0.15) is 37.5 Å². The smallest absolute Gasteiger partial charge is 0.230 e. The molecule has 0 aliphatic carbocycles. The van der Waals surface area contributed by atoms with E-state index in [-0.39, 0.29) is 11.3 Å². The molecule has 0 aromatic heterocycles. The summed E-state index contributed by atoms with van der Waals surface area (Å²) in [6, 6.07) is 16.5. The predicted octanol–water partition coefficient (Wildman–Crippen LogP) is 4.70. The Morgan fingerprint density at radius 2 is 1.78 bits per heavy atom. The van der Waals surface area contributed by atoms with Gasteiger partial charge in [-0.15, -0.1) is 11.8 Å². The molecule has 23 heavy (non-hydrogen) atoms. The number of carbonyl (C=O) groups is 1. The van der Waals surface area contributed by atoms with Gasteiger partial charge in [0.2, 0.25) is 5.91 Å². The van der Waals surface area contributed by atoms with Crippen molar-refractivity contribution in [1.29, 1.82) is 0 Å². The van der Waals surface area contributed by atoms with Crippen molar-refractivity contribution in [2.75, 3.05) is 5.75 Å². The predicted molar refractivity (Wildman–Crippen MR) is 98.9 cm³/mol. The number of amides is 1. The lowest BCUT2D eigenvalue weighted by Crippen LogP contribution is -2.24. The zero-order valence-electron chi connectivity index (χ0n) is 14.3. The minimum atomic E-state index is 0.0689. The third kappa shape index (κ3) is 5.43. The monoisotopic (exact) mass is 327 g/mol. The van der Waals surface area contributed by atoms with E-state index in [2.05, 4.69) is 51.2 Å². The molecule has 2 nitrogen and oxygen atoms in total. The van der Waals surface area contributed by atoms with Crippen molar-refractivity contribution in [2.45, 2.75) is 44.6 Å². The lowest BCUT2D eigenvalue weighted by Gasteiger charge is -2.20. The van der Waals surface area contributed by atoms with Gasteiger partial charge in [-0.1, -0.05) is 63.2 Å². The molecular formula is C20H25NOS. The molecule has 0 heterocycles. The van der Waals surface area contributed by atoms with Gasteiger partial charge in [0.1, 0.15) is 0 Å². The van der Waals surface area contributed by atoms with E-state index < -0.39 is 0 Å². The Morgan fingerprint density at radius 1 is 1.09 bits per heavy atom. The highest BCUT2D eigenvalue weighted by Crippen LogP contribution is 2.29. The molecule has 0 radical (unpaired) electrons. The number of hydrogen-bond donors (Lipinski definition) is 1.